The number of hydrogen-bond donors (Lipinski definition) is 1. The number of benzene rings is 2. The minimum absolute atomic E-state index is 0.550. The van der Waals surface area contributed by atoms with Crippen molar-refractivity contribution >= 4 is 21.9 Å². The molecule has 104 valence electrons. The summed E-state index contributed by atoms with van der Waals surface area (Å²) in [6.07, 6.45) is 1.91. The number of rotatable bonds is 3. The molecular weight excluding hydrogens is 264 g/mol. The maximum absolute atomic E-state index is 5.83. The van der Waals surface area contributed by atoms with E-state index in [0.29, 0.717) is 13.1 Å². The first kappa shape index (κ1) is 12.1. The van der Waals surface area contributed by atoms with Crippen LogP contribution in [-0.2, 0) is 6.54 Å². The average Bonchev–Trinajstić information content (AvgIpc) is 3.11. The largest absolute Gasteiger partial charge is 0.456 e. The Kier molecular flexibility index (Phi) is 2.72. The monoisotopic (exact) mass is 278 g/mol. The second kappa shape index (κ2) is 4.71. The smallest absolute Gasteiger partial charge is 0.135 e. The molecule has 0 aliphatic carbocycles. The van der Waals surface area contributed by atoms with Crippen LogP contribution in [0.3, 0.4) is 0 Å². The lowest BCUT2D eigenvalue weighted by atomic mass is 10.1. The Hall–Kier alpha value is -2.66. The van der Waals surface area contributed by atoms with E-state index in [0.717, 1.165) is 33.2 Å². The molecule has 4 rings (SSSR count). The summed E-state index contributed by atoms with van der Waals surface area (Å²) in [7, 11) is 0. The van der Waals surface area contributed by atoms with Crippen molar-refractivity contribution in [2.24, 2.45) is 5.73 Å². The number of fused-ring (bicyclic) bond motifs is 3. The van der Waals surface area contributed by atoms with E-state index in [4.69, 9.17) is 10.2 Å². The van der Waals surface area contributed by atoms with Gasteiger partial charge in [0, 0.05) is 22.9 Å². The first-order chi connectivity index (χ1) is 10.3. The van der Waals surface area contributed by atoms with E-state index in [1.807, 2.05) is 36.5 Å². The van der Waals surface area contributed by atoms with Crippen LogP contribution in [0.2, 0.25) is 0 Å². The van der Waals surface area contributed by atoms with Gasteiger partial charge in [0.15, 0.2) is 0 Å². The molecule has 0 bridgehead atoms. The summed E-state index contributed by atoms with van der Waals surface area (Å²) in [4.78, 5) is 0. The van der Waals surface area contributed by atoms with Crippen LogP contribution in [-0.4, -0.2) is 21.5 Å². The van der Waals surface area contributed by atoms with Crippen LogP contribution >= 0.6 is 0 Å². The van der Waals surface area contributed by atoms with Crippen molar-refractivity contribution < 1.29 is 4.42 Å². The summed E-state index contributed by atoms with van der Waals surface area (Å²) in [6.45, 7) is 1.22. The molecule has 2 aromatic heterocycles. The summed E-state index contributed by atoms with van der Waals surface area (Å²) >= 11 is 0. The molecule has 0 saturated carbocycles. The topological polar surface area (TPSA) is 69.9 Å². The Morgan fingerprint density at radius 2 is 1.90 bits per heavy atom. The third-order valence-electron chi connectivity index (χ3n) is 3.57. The van der Waals surface area contributed by atoms with Crippen molar-refractivity contribution in [3.05, 3.63) is 48.7 Å². The predicted molar refractivity (Wildman–Crippen MR) is 81.8 cm³/mol. The molecule has 2 heterocycles. The predicted octanol–water partition coefficient (Wildman–Crippen LogP) is 2.80. The first-order valence-electron chi connectivity index (χ1n) is 6.87. The minimum atomic E-state index is 0.550. The lowest BCUT2D eigenvalue weighted by molar-refractivity contribution is 0.598. The maximum Gasteiger partial charge on any atom is 0.135 e. The van der Waals surface area contributed by atoms with E-state index in [1.165, 1.54) is 0 Å². The van der Waals surface area contributed by atoms with E-state index in [2.05, 4.69) is 22.4 Å². The highest BCUT2D eigenvalue weighted by molar-refractivity contribution is 6.06. The first-order valence-corrected chi connectivity index (χ1v) is 6.87. The molecule has 0 aliphatic rings. The van der Waals surface area contributed by atoms with Crippen molar-refractivity contribution in [3.63, 3.8) is 0 Å². The number of para-hydroxylation sites is 1. The van der Waals surface area contributed by atoms with Gasteiger partial charge < -0.3 is 10.2 Å². The fraction of sp³-hybridized carbons (Fsp3) is 0.125. The van der Waals surface area contributed by atoms with Gasteiger partial charge in [0.25, 0.3) is 0 Å². The Labute approximate surface area is 121 Å². The fourth-order valence-corrected chi connectivity index (χ4v) is 2.56. The van der Waals surface area contributed by atoms with Crippen LogP contribution in [0.15, 0.2) is 53.1 Å². The lowest BCUT2D eigenvalue weighted by Gasteiger charge is -1.96. The highest BCUT2D eigenvalue weighted by atomic mass is 16.3. The molecule has 0 atom stereocenters. The van der Waals surface area contributed by atoms with E-state index in [1.54, 1.807) is 4.68 Å². The van der Waals surface area contributed by atoms with Crippen LogP contribution in [0.25, 0.3) is 33.2 Å². The molecule has 2 aromatic carbocycles. The molecule has 5 heteroatoms. The zero-order valence-electron chi connectivity index (χ0n) is 11.4. The average molecular weight is 278 g/mol. The van der Waals surface area contributed by atoms with E-state index >= 15 is 0 Å². The third-order valence-corrected chi connectivity index (χ3v) is 3.57. The standard InChI is InChI=1S/C16H14N4O/c17-7-8-20-10-14(18-19-20)11-5-6-16-13(9-11)12-3-1-2-4-15(12)21-16/h1-6,9-10H,7-8,17H2. The number of hydrogen-bond acceptors (Lipinski definition) is 4. The molecule has 5 nitrogen and oxygen atoms in total. The molecule has 21 heavy (non-hydrogen) atoms. The van der Waals surface area contributed by atoms with Gasteiger partial charge in [-0.3, -0.25) is 4.68 Å². The van der Waals surface area contributed by atoms with Crippen LogP contribution < -0.4 is 5.73 Å². The van der Waals surface area contributed by atoms with Gasteiger partial charge in [-0.25, -0.2) is 0 Å². The third kappa shape index (κ3) is 1.98. The van der Waals surface area contributed by atoms with Crippen LogP contribution in [0.5, 0.6) is 0 Å². The molecule has 0 unspecified atom stereocenters. The van der Waals surface area contributed by atoms with Gasteiger partial charge in [-0.05, 0) is 24.3 Å². The second-order valence-electron chi connectivity index (χ2n) is 4.96. The second-order valence-corrected chi connectivity index (χ2v) is 4.96. The normalized spacial score (nSPS) is 11.5. The molecular formula is C16H14N4O. The van der Waals surface area contributed by atoms with Gasteiger partial charge in [-0.15, -0.1) is 5.10 Å². The quantitative estimate of drug-likeness (QED) is 0.625. The van der Waals surface area contributed by atoms with E-state index < -0.39 is 0 Å². The van der Waals surface area contributed by atoms with Gasteiger partial charge in [0.2, 0.25) is 0 Å². The fourth-order valence-electron chi connectivity index (χ4n) is 2.56. The van der Waals surface area contributed by atoms with Gasteiger partial charge in [-0.1, -0.05) is 23.4 Å². The summed E-state index contributed by atoms with van der Waals surface area (Å²) in [5, 5.41) is 10.5. The zero-order valence-corrected chi connectivity index (χ0v) is 11.4. The number of nitrogens with two attached hydrogens (primary N) is 1. The van der Waals surface area contributed by atoms with Crippen LogP contribution in [0.1, 0.15) is 0 Å². The van der Waals surface area contributed by atoms with Gasteiger partial charge in [0.1, 0.15) is 16.9 Å². The SMILES string of the molecule is NCCn1cc(-c2ccc3oc4ccccc4c3c2)nn1. The molecule has 0 spiro atoms. The molecule has 0 aliphatic heterocycles. The molecule has 0 fully saturated rings. The minimum Gasteiger partial charge on any atom is -0.456 e. The van der Waals surface area contributed by atoms with E-state index in [9.17, 15) is 0 Å². The van der Waals surface area contributed by atoms with Crippen molar-refractivity contribution in [2.75, 3.05) is 6.54 Å². The lowest BCUT2D eigenvalue weighted by Crippen LogP contribution is -2.10. The van der Waals surface area contributed by atoms with Gasteiger partial charge >= 0.3 is 0 Å². The van der Waals surface area contributed by atoms with Crippen LogP contribution in [0, 0.1) is 0 Å². The Balaban J connectivity index is 1.87. The zero-order chi connectivity index (χ0) is 14.2. The molecule has 0 radical (unpaired) electrons. The molecule has 0 amide bonds. The van der Waals surface area contributed by atoms with E-state index in [-0.39, 0.29) is 0 Å². The Bertz CT molecular complexity index is 922. The maximum atomic E-state index is 5.83. The summed E-state index contributed by atoms with van der Waals surface area (Å²) in [6, 6.07) is 14.1. The van der Waals surface area contributed by atoms with Crippen molar-refractivity contribution in [1.82, 2.24) is 15.0 Å². The Morgan fingerprint density at radius 3 is 2.81 bits per heavy atom. The van der Waals surface area contributed by atoms with Crippen LogP contribution in [0.4, 0.5) is 0 Å². The highest BCUT2D eigenvalue weighted by Crippen LogP contribution is 2.31. The van der Waals surface area contributed by atoms with Crippen molar-refractivity contribution in [3.8, 4) is 11.3 Å². The van der Waals surface area contributed by atoms with Gasteiger partial charge in [0.05, 0.1) is 12.7 Å². The van der Waals surface area contributed by atoms with Gasteiger partial charge in [-0.2, -0.15) is 0 Å². The van der Waals surface area contributed by atoms with Crippen molar-refractivity contribution in [2.45, 2.75) is 6.54 Å². The Morgan fingerprint density at radius 1 is 1.05 bits per heavy atom. The number of aromatic nitrogens is 3. The number of furan rings is 1. The molecule has 2 N–H and O–H groups in total. The summed E-state index contributed by atoms with van der Waals surface area (Å²) < 4.78 is 7.59. The number of nitrogens with zero attached hydrogens (tertiary/aromatic N) is 3. The van der Waals surface area contributed by atoms with Crippen molar-refractivity contribution in [1.29, 1.82) is 0 Å². The highest BCUT2D eigenvalue weighted by Gasteiger charge is 2.09. The summed E-state index contributed by atoms with van der Waals surface area (Å²) in [5.41, 5.74) is 9.18. The molecule has 4 aromatic rings. The summed E-state index contributed by atoms with van der Waals surface area (Å²) in [5.74, 6) is 0. The molecule has 0 saturated heterocycles.